The molecule has 3 nitrogen and oxygen atoms in total. The molecule has 1 rings (SSSR count). The highest BCUT2D eigenvalue weighted by molar-refractivity contribution is 8.20. The second kappa shape index (κ2) is 3.25. The van der Waals surface area contributed by atoms with Crippen molar-refractivity contribution in [2.45, 2.75) is 4.90 Å². The standard InChI is InChI=1S/C6H4F3NO2S/c7-13(8,9)6-3-1-2-5(4-6)10(11)12/h1-4H. The first-order valence-electron chi connectivity index (χ1n) is 3.08. The topological polar surface area (TPSA) is 43.1 Å². The molecular weight excluding hydrogens is 207 g/mol. The van der Waals surface area contributed by atoms with Crippen LogP contribution in [0.3, 0.4) is 0 Å². The Morgan fingerprint density at radius 3 is 2.38 bits per heavy atom. The molecule has 0 atom stereocenters. The molecule has 0 amide bonds. The van der Waals surface area contributed by atoms with Gasteiger partial charge in [-0.2, -0.15) is 0 Å². The Morgan fingerprint density at radius 1 is 1.31 bits per heavy atom. The summed E-state index contributed by atoms with van der Waals surface area (Å²) in [6, 6.07) is 3.40. The maximum absolute atomic E-state index is 12.1. The molecule has 0 aromatic heterocycles. The summed E-state index contributed by atoms with van der Waals surface area (Å²) in [6.45, 7) is 0. The molecule has 0 saturated carbocycles. The van der Waals surface area contributed by atoms with Crippen LogP contribution >= 0.6 is 11.2 Å². The fraction of sp³-hybridized carbons (Fsp3) is 0. The predicted octanol–water partition coefficient (Wildman–Crippen LogP) is 3.41. The Balaban J connectivity index is 3.13. The summed E-state index contributed by atoms with van der Waals surface area (Å²) in [7, 11) is 0. The lowest BCUT2D eigenvalue weighted by Gasteiger charge is -2.08. The molecule has 0 fully saturated rings. The molecule has 1 aromatic carbocycles. The normalized spacial score (nSPS) is 12.5. The first-order chi connectivity index (χ1) is 5.91. The molecule has 0 aliphatic carbocycles. The van der Waals surface area contributed by atoms with Crippen molar-refractivity contribution in [3.63, 3.8) is 0 Å². The molecule has 0 aliphatic rings. The third kappa shape index (κ3) is 2.35. The lowest BCUT2D eigenvalue weighted by atomic mass is 10.3. The minimum Gasteiger partial charge on any atom is -0.258 e. The summed E-state index contributed by atoms with van der Waals surface area (Å²) in [4.78, 5) is 8.35. The van der Waals surface area contributed by atoms with Gasteiger partial charge in [0.15, 0.2) is 0 Å². The van der Waals surface area contributed by atoms with Gasteiger partial charge in [-0.25, -0.2) is 0 Å². The van der Waals surface area contributed by atoms with E-state index in [-0.39, 0.29) is 0 Å². The van der Waals surface area contributed by atoms with Crippen LogP contribution in [-0.4, -0.2) is 4.92 Å². The molecule has 0 unspecified atom stereocenters. The predicted molar refractivity (Wildman–Crippen MR) is 42.3 cm³/mol. The van der Waals surface area contributed by atoms with E-state index in [2.05, 4.69) is 0 Å². The van der Waals surface area contributed by atoms with Crippen molar-refractivity contribution in [3.05, 3.63) is 34.4 Å². The van der Waals surface area contributed by atoms with Gasteiger partial charge in [0.1, 0.15) is 0 Å². The van der Waals surface area contributed by atoms with E-state index in [0.717, 1.165) is 18.2 Å². The highest BCUT2D eigenvalue weighted by Crippen LogP contribution is 2.60. The van der Waals surface area contributed by atoms with Crippen LogP contribution in [0.4, 0.5) is 17.3 Å². The molecule has 0 saturated heterocycles. The van der Waals surface area contributed by atoms with Crippen molar-refractivity contribution in [2.24, 2.45) is 0 Å². The molecule has 72 valence electrons. The Labute approximate surface area is 73.5 Å². The maximum Gasteiger partial charge on any atom is 0.270 e. The average molecular weight is 211 g/mol. The van der Waals surface area contributed by atoms with Crippen LogP contribution in [0.5, 0.6) is 0 Å². The van der Waals surface area contributed by atoms with Crippen molar-refractivity contribution < 1.29 is 16.6 Å². The van der Waals surface area contributed by atoms with E-state index in [4.69, 9.17) is 0 Å². The Kier molecular flexibility index (Phi) is 2.46. The van der Waals surface area contributed by atoms with Gasteiger partial charge in [-0.1, -0.05) is 6.07 Å². The van der Waals surface area contributed by atoms with Crippen molar-refractivity contribution in [1.29, 1.82) is 0 Å². The quantitative estimate of drug-likeness (QED) is 0.555. The number of hydrogen-bond acceptors (Lipinski definition) is 2. The van der Waals surface area contributed by atoms with Crippen molar-refractivity contribution in [2.75, 3.05) is 0 Å². The molecule has 1 aromatic rings. The summed E-state index contributed by atoms with van der Waals surface area (Å²) in [5.74, 6) is 0. The Morgan fingerprint density at radius 2 is 1.92 bits per heavy atom. The second-order valence-electron chi connectivity index (χ2n) is 2.16. The number of nitro benzene ring substituents is 1. The molecule has 0 heterocycles. The van der Waals surface area contributed by atoms with Gasteiger partial charge in [-0.3, -0.25) is 10.1 Å². The molecule has 0 N–H and O–H groups in total. The van der Waals surface area contributed by atoms with Crippen molar-refractivity contribution >= 4 is 16.9 Å². The lowest BCUT2D eigenvalue weighted by Crippen LogP contribution is -1.88. The van der Waals surface area contributed by atoms with Crippen LogP contribution < -0.4 is 0 Å². The monoisotopic (exact) mass is 211 g/mol. The third-order valence-corrected chi connectivity index (χ3v) is 2.08. The van der Waals surface area contributed by atoms with Crippen LogP contribution in [0.25, 0.3) is 0 Å². The molecule has 7 heteroatoms. The largest absolute Gasteiger partial charge is 0.270 e. The minimum atomic E-state index is -5.36. The smallest absolute Gasteiger partial charge is 0.258 e. The van der Waals surface area contributed by atoms with Crippen LogP contribution in [0.2, 0.25) is 0 Å². The zero-order chi connectivity index (χ0) is 10.1. The van der Waals surface area contributed by atoms with E-state index in [1.165, 1.54) is 0 Å². The summed E-state index contributed by atoms with van der Waals surface area (Å²) >= 11 is -5.36. The van der Waals surface area contributed by atoms with E-state index in [1.54, 1.807) is 0 Å². The molecule has 0 aliphatic heterocycles. The van der Waals surface area contributed by atoms with Crippen LogP contribution in [0, 0.1) is 10.1 Å². The highest BCUT2D eigenvalue weighted by Gasteiger charge is 2.25. The van der Waals surface area contributed by atoms with Gasteiger partial charge < -0.3 is 0 Å². The first kappa shape index (κ1) is 9.85. The zero-order valence-corrected chi connectivity index (χ0v) is 6.93. The number of rotatable bonds is 2. The third-order valence-electron chi connectivity index (χ3n) is 1.30. The van der Waals surface area contributed by atoms with Crippen LogP contribution in [-0.2, 0) is 0 Å². The fourth-order valence-corrected chi connectivity index (χ4v) is 1.23. The van der Waals surface area contributed by atoms with Gasteiger partial charge in [0.25, 0.3) is 5.69 Å². The van der Waals surface area contributed by atoms with Crippen LogP contribution in [0.15, 0.2) is 29.2 Å². The van der Waals surface area contributed by atoms with Gasteiger partial charge in [0.2, 0.25) is 11.2 Å². The number of benzene rings is 1. The number of nitrogens with zero attached hydrogens (tertiary/aromatic N) is 1. The number of non-ortho nitro benzene ring substituents is 1. The van der Waals surface area contributed by atoms with E-state index in [1.807, 2.05) is 0 Å². The van der Waals surface area contributed by atoms with E-state index in [9.17, 15) is 21.8 Å². The SMILES string of the molecule is O=[N+]([O-])c1cccc(S(F)(F)F)c1. The summed E-state index contributed by atoms with van der Waals surface area (Å²) < 4.78 is 36.3. The van der Waals surface area contributed by atoms with Crippen molar-refractivity contribution in [3.8, 4) is 0 Å². The van der Waals surface area contributed by atoms with E-state index < -0.39 is 26.7 Å². The molecular formula is C6H4F3NO2S. The summed E-state index contributed by atoms with van der Waals surface area (Å²) in [5, 5.41) is 10.1. The van der Waals surface area contributed by atoms with Gasteiger partial charge in [0.05, 0.1) is 9.82 Å². The first-order valence-corrected chi connectivity index (χ1v) is 4.41. The Hall–Kier alpha value is -1.24. The number of hydrogen-bond donors (Lipinski definition) is 0. The highest BCUT2D eigenvalue weighted by atomic mass is 32.3. The van der Waals surface area contributed by atoms with Gasteiger partial charge in [0, 0.05) is 12.1 Å². The molecule has 0 bridgehead atoms. The lowest BCUT2D eigenvalue weighted by molar-refractivity contribution is -0.385. The molecule has 13 heavy (non-hydrogen) atoms. The van der Waals surface area contributed by atoms with Gasteiger partial charge in [-0.15, -0.1) is 11.7 Å². The number of halogens is 3. The Bertz CT molecular complexity index is 339. The number of nitro groups is 1. The zero-order valence-electron chi connectivity index (χ0n) is 6.12. The fourth-order valence-electron chi connectivity index (χ4n) is 0.741. The van der Waals surface area contributed by atoms with Crippen LogP contribution in [0.1, 0.15) is 0 Å². The van der Waals surface area contributed by atoms with Gasteiger partial charge >= 0.3 is 0 Å². The van der Waals surface area contributed by atoms with Gasteiger partial charge in [-0.05, 0) is 6.07 Å². The summed E-state index contributed by atoms with van der Waals surface area (Å²) in [6.07, 6.45) is 0. The van der Waals surface area contributed by atoms with E-state index >= 15 is 0 Å². The van der Waals surface area contributed by atoms with Crippen molar-refractivity contribution in [1.82, 2.24) is 0 Å². The molecule has 0 radical (unpaired) electrons. The minimum absolute atomic E-state index is 0.537. The molecule has 0 spiro atoms. The second-order valence-corrected chi connectivity index (χ2v) is 3.45. The average Bonchev–Trinajstić information content (AvgIpc) is 2.03. The van der Waals surface area contributed by atoms with E-state index in [0.29, 0.717) is 6.07 Å². The summed E-state index contributed by atoms with van der Waals surface area (Å²) in [5.41, 5.74) is -0.540. The maximum atomic E-state index is 12.1.